The summed E-state index contributed by atoms with van der Waals surface area (Å²) in [7, 11) is 0. The minimum absolute atomic E-state index is 0.145. The fraction of sp³-hybridized carbons (Fsp3) is 0.375. The highest BCUT2D eigenvalue weighted by atomic mass is 16.5. The SMILES string of the molecule is CCCC(=O)N[C@@H](Cc1ccc(OCc2ccccc2)cc1)C(=O)NCCCC=O. The van der Waals surface area contributed by atoms with Gasteiger partial charge >= 0.3 is 0 Å². The summed E-state index contributed by atoms with van der Waals surface area (Å²) in [4.78, 5) is 35.0. The summed E-state index contributed by atoms with van der Waals surface area (Å²) in [5.41, 5.74) is 2.01. The Labute approximate surface area is 178 Å². The van der Waals surface area contributed by atoms with Crippen LogP contribution >= 0.6 is 0 Å². The first-order valence-corrected chi connectivity index (χ1v) is 10.4. The number of carbonyl (C=O) groups excluding carboxylic acids is 3. The maximum atomic E-state index is 12.5. The molecule has 160 valence electrons. The second-order valence-corrected chi connectivity index (χ2v) is 7.09. The molecule has 0 aliphatic rings. The van der Waals surface area contributed by atoms with Crippen LogP contribution in [-0.2, 0) is 27.4 Å². The highest BCUT2D eigenvalue weighted by Gasteiger charge is 2.20. The molecule has 2 amide bonds. The molecule has 6 nitrogen and oxygen atoms in total. The molecular formula is C24H30N2O4. The standard InChI is InChI=1S/C24H30N2O4/c1-2-8-23(28)26-22(24(29)25-15-6-7-16-27)17-19-11-13-21(14-12-19)30-18-20-9-4-3-5-10-20/h3-5,9-14,16,22H,2,6-8,15,17-18H2,1H3,(H,25,29)(H,26,28)/t22-/m0/s1. The van der Waals surface area contributed by atoms with E-state index in [2.05, 4.69) is 10.6 Å². The van der Waals surface area contributed by atoms with Gasteiger partial charge in [0.05, 0.1) is 0 Å². The number of nitrogens with one attached hydrogen (secondary N) is 2. The zero-order valence-corrected chi connectivity index (χ0v) is 17.4. The van der Waals surface area contributed by atoms with E-state index >= 15 is 0 Å². The maximum absolute atomic E-state index is 12.5. The van der Waals surface area contributed by atoms with Crippen molar-refractivity contribution >= 4 is 18.1 Å². The molecule has 2 aromatic carbocycles. The highest BCUT2D eigenvalue weighted by molar-refractivity contribution is 5.87. The van der Waals surface area contributed by atoms with Crippen molar-refractivity contribution in [3.05, 3.63) is 65.7 Å². The number of ether oxygens (including phenoxy) is 1. The topological polar surface area (TPSA) is 84.5 Å². The number of rotatable bonds is 13. The summed E-state index contributed by atoms with van der Waals surface area (Å²) in [6, 6.07) is 16.8. The van der Waals surface area contributed by atoms with Crippen molar-refractivity contribution in [1.29, 1.82) is 0 Å². The molecule has 1 atom stereocenters. The molecule has 30 heavy (non-hydrogen) atoms. The van der Waals surface area contributed by atoms with Gasteiger partial charge in [0.1, 0.15) is 24.7 Å². The summed E-state index contributed by atoms with van der Waals surface area (Å²) in [5.74, 6) is 0.357. The van der Waals surface area contributed by atoms with Gasteiger partial charge in [-0.05, 0) is 36.1 Å². The van der Waals surface area contributed by atoms with Crippen LogP contribution in [0.5, 0.6) is 5.75 Å². The van der Waals surface area contributed by atoms with Crippen LogP contribution in [-0.4, -0.2) is 30.7 Å². The van der Waals surface area contributed by atoms with Crippen LogP contribution in [0, 0.1) is 0 Å². The summed E-state index contributed by atoms with van der Waals surface area (Å²) >= 11 is 0. The molecule has 0 radical (unpaired) electrons. The third kappa shape index (κ3) is 8.47. The second kappa shape index (κ2) is 13.1. The van der Waals surface area contributed by atoms with Crippen LogP contribution in [0.1, 0.15) is 43.7 Å². The van der Waals surface area contributed by atoms with Crippen LogP contribution < -0.4 is 15.4 Å². The van der Waals surface area contributed by atoms with E-state index in [-0.39, 0.29) is 11.8 Å². The Morgan fingerprint density at radius 1 is 1.03 bits per heavy atom. The van der Waals surface area contributed by atoms with Crippen molar-refractivity contribution < 1.29 is 19.1 Å². The van der Waals surface area contributed by atoms with Crippen molar-refractivity contribution in [3.63, 3.8) is 0 Å². The van der Waals surface area contributed by atoms with Crippen molar-refractivity contribution in [1.82, 2.24) is 10.6 Å². The van der Waals surface area contributed by atoms with Crippen molar-refractivity contribution in [2.75, 3.05) is 6.54 Å². The summed E-state index contributed by atoms with van der Waals surface area (Å²) in [5, 5.41) is 5.61. The molecule has 0 spiro atoms. The van der Waals surface area contributed by atoms with E-state index in [0.717, 1.165) is 23.2 Å². The van der Waals surface area contributed by atoms with E-state index in [9.17, 15) is 14.4 Å². The largest absolute Gasteiger partial charge is 0.489 e. The normalized spacial score (nSPS) is 11.4. The van der Waals surface area contributed by atoms with E-state index in [1.54, 1.807) is 0 Å². The van der Waals surface area contributed by atoms with Gasteiger partial charge in [0, 0.05) is 25.8 Å². The minimum atomic E-state index is -0.656. The lowest BCUT2D eigenvalue weighted by Gasteiger charge is -2.19. The molecule has 0 fully saturated rings. The Balaban J connectivity index is 1.94. The first-order valence-electron chi connectivity index (χ1n) is 10.4. The van der Waals surface area contributed by atoms with Gasteiger partial charge < -0.3 is 20.2 Å². The first-order chi connectivity index (χ1) is 14.6. The van der Waals surface area contributed by atoms with Crippen LogP contribution in [0.4, 0.5) is 0 Å². The Bertz CT molecular complexity index is 791. The molecule has 6 heteroatoms. The van der Waals surface area contributed by atoms with Crippen LogP contribution in [0.3, 0.4) is 0 Å². The van der Waals surface area contributed by atoms with Gasteiger partial charge in [0.25, 0.3) is 0 Å². The molecule has 0 aliphatic heterocycles. The van der Waals surface area contributed by atoms with Gasteiger partial charge in [-0.1, -0.05) is 49.4 Å². The number of carbonyl (C=O) groups is 3. The van der Waals surface area contributed by atoms with Crippen LogP contribution in [0.2, 0.25) is 0 Å². The lowest BCUT2D eigenvalue weighted by molar-refractivity contribution is -0.129. The second-order valence-electron chi connectivity index (χ2n) is 7.09. The summed E-state index contributed by atoms with van der Waals surface area (Å²) in [6.07, 6.45) is 3.28. The molecule has 0 bridgehead atoms. The third-order valence-electron chi connectivity index (χ3n) is 4.54. The molecule has 2 N–H and O–H groups in total. The molecular weight excluding hydrogens is 380 g/mol. The fourth-order valence-electron chi connectivity index (χ4n) is 2.92. The molecule has 0 saturated heterocycles. The van der Waals surface area contributed by atoms with Crippen molar-refractivity contribution in [2.24, 2.45) is 0 Å². The average Bonchev–Trinajstić information content (AvgIpc) is 2.76. The van der Waals surface area contributed by atoms with E-state index in [1.807, 2.05) is 61.5 Å². The number of unbranched alkanes of at least 4 members (excludes halogenated alkanes) is 1. The van der Waals surface area contributed by atoms with Gasteiger partial charge in [-0.15, -0.1) is 0 Å². The monoisotopic (exact) mass is 410 g/mol. The van der Waals surface area contributed by atoms with E-state index < -0.39 is 6.04 Å². The number of hydrogen-bond acceptors (Lipinski definition) is 4. The first kappa shape index (κ1) is 23.1. The average molecular weight is 411 g/mol. The molecule has 0 aliphatic carbocycles. The quantitative estimate of drug-likeness (QED) is 0.392. The predicted molar refractivity (Wildman–Crippen MR) is 116 cm³/mol. The molecule has 0 unspecified atom stereocenters. The summed E-state index contributed by atoms with van der Waals surface area (Å²) in [6.45, 7) is 2.81. The molecule has 2 aromatic rings. The molecule has 0 heterocycles. The van der Waals surface area contributed by atoms with Crippen molar-refractivity contribution in [2.45, 2.75) is 51.7 Å². The van der Waals surface area contributed by atoms with E-state index in [1.165, 1.54) is 0 Å². The molecule has 0 saturated carbocycles. The third-order valence-corrected chi connectivity index (χ3v) is 4.54. The fourth-order valence-corrected chi connectivity index (χ4v) is 2.92. The van der Waals surface area contributed by atoms with Gasteiger partial charge in [-0.3, -0.25) is 9.59 Å². The lowest BCUT2D eigenvalue weighted by Crippen LogP contribution is -2.48. The number of amides is 2. The molecule has 2 rings (SSSR count). The van der Waals surface area contributed by atoms with E-state index in [4.69, 9.17) is 4.74 Å². The number of hydrogen-bond donors (Lipinski definition) is 2. The lowest BCUT2D eigenvalue weighted by atomic mass is 10.0. The van der Waals surface area contributed by atoms with Crippen LogP contribution in [0.15, 0.2) is 54.6 Å². The van der Waals surface area contributed by atoms with Crippen molar-refractivity contribution in [3.8, 4) is 5.75 Å². The van der Waals surface area contributed by atoms with E-state index in [0.29, 0.717) is 45.3 Å². The van der Waals surface area contributed by atoms with Gasteiger partial charge in [0.15, 0.2) is 0 Å². The molecule has 0 aromatic heterocycles. The Morgan fingerprint density at radius 3 is 2.43 bits per heavy atom. The maximum Gasteiger partial charge on any atom is 0.242 e. The summed E-state index contributed by atoms with van der Waals surface area (Å²) < 4.78 is 5.79. The van der Waals surface area contributed by atoms with Gasteiger partial charge in [0.2, 0.25) is 11.8 Å². The van der Waals surface area contributed by atoms with Gasteiger partial charge in [-0.25, -0.2) is 0 Å². The van der Waals surface area contributed by atoms with Gasteiger partial charge in [-0.2, -0.15) is 0 Å². The smallest absolute Gasteiger partial charge is 0.242 e. The Hall–Kier alpha value is -3.15. The minimum Gasteiger partial charge on any atom is -0.489 e. The van der Waals surface area contributed by atoms with Crippen LogP contribution in [0.25, 0.3) is 0 Å². The zero-order valence-electron chi connectivity index (χ0n) is 17.4. The Morgan fingerprint density at radius 2 is 1.77 bits per heavy atom. The number of benzene rings is 2. The number of aldehydes is 1. The zero-order chi connectivity index (χ0) is 21.6. The highest BCUT2D eigenvalue weighted by Crippen LogP contribution is 2.15. The predicted octanol–water partition coefficient (Wildman–Crippen LogP) is 3.19. The Kier molecular flexibility index (Phi) is 10.1.